The molecule has 0 unspecified atom stereocenters. The standard InChI is InChI=1S/C25H25NO3/c1-3-29-25(28)24-20(13-18-12-8-7-9-16(18)2)23-21(26-24)14-19(15-22(23)27)17-10-5-4-6-11-17/h4-12,19,26H,3,13-15H2,1-2H3/t19-/m0/s1. The smallest absolute Gasteiger partial charge is 0.355 e. The number of rotatable bonds is 5. The SMILES string of the molecule is CCOC(=O)c1[nH]c2c(c1Cc1ccccc1C)C(=O)C[C@@H](c1ccccc1)C2. The van der Waals surface area contributed by atoms with E-state index in [1.165, 1.54) is 0 Å². The van der Waals surface area contributed by atoms with Gasteiger partial charge in [-0.05, 0) is 48.4 Å². The second-order valence-electron chi connectivity index (χ2n) is 7.59. The number of fused-ring (bicyclic) bond motifs is 1. The minimum absolute atomic E-state index is 0.0930. The third-order valence-corrected chi connectivity index (χ3v) is 5.72. The highest BCUT2D eigenvalue weighted by Crippen LogP contribution is 2.36. The van der Waals surface area contributed by atoms with Gasteiger partial charge in [0.05, 0.1) is 6.61 Å². The van der Waals surface area contributed by atoms with Crippen LogP contribution in [-0.4, -0.2) is 23.3 Å². The lowest BCUT2D eigenvalue weighted by atomic mass is 9.80. The summed E-state index contributed by atoms with van der Waals surface area (Å²) in [6, 6.07) is 18.2. The second kappa shape index (κ2) is 8.08. The fourth-order valence-corrected chi connectivity index (χ4v) is 4.24. The lowest BCUT2D eigenvalue weighted by Gasteiger charge is -2.22. The van der Waals surface area contributed by atoms with Crippen molar-refractivity contribution in [3.8, 4) is 0 Å². The number of carbonyl (C=O) groups excluding carboxylic acids is 2. The summed E-state index contributed by atoms with van der Waals surface area (Å²) in [5, 5.41) is 0. The second-order valence-corrected chi connectivity index (χ2v) is 7.59. The van der Waals surface area contributed by atoms with Gasteiger partial charge in [0.1, 0.15) is 5.69 Å². The summed E-state index contributed by atoms with van der Waals surface area (Å²) >= 11 is 0. The largest absolute Gasteiger partial charge is 0.461 e. The molecule has 4 rings (SSSR count). The molecular formula is C25H25NO3. The van der Waals surface area contributed by atoms with Gasteiger partial charge in [-0.15, -0.1) is 0 Å². The van der Waals surface area contributed by atoms with Gasteiger partial charge in [-0.25, -0.2) is 4.79 Å². The third kappa shape index (κ3) is 3.75. The number of H-pyrrole nitrogens is 1. The van der Waals surface area contributed by atoms with Gasteiger partial charge < -0.3 is 9.72 Å². The number of hydrogen-bond acceptors (Lipinski definition) is 3. The Morgan fingerprint density at radius 2 is 1.79 bits per heavy atom. The lowest BCUT2D eigenvalue weighted by molar-refractivity contribution is 0.0519. The molecule has 1 aliphatic rings. The van der Waals surface area contributed by atoms with E-state index < -0.39 is 5.97 Å². The molecule has 1 aliphatic carbocycles. The first kappa shape index (κ1) is 19.2. The maximum atomic E-state index is 13.2. The minimum atomic E-state index is -0.394. The van der Waals surface area contributed by atoms with E-state index in [0.29, 0.717) is 37.1 Å². The number of benzene rings is 2. The number of nitrogens with one attached hydrogen (secondary N) is 1. The normalized spacial score (nSPS) is 15.8. The number of aryl methyl sites for hydroxylation is 1. The molecule has 0 saturated heterocycles. The Hall–Kier alpha value is -3.14. The Balaban J connectivity index is 1.77. The number of hydrogen-bond donors (Lipinski definition) is 1. The molecule has 4 nitrogen and oxygen atoms in total. The van der Waals surface area contributed by atoms with E-state index in [-0.39, 0.29) is 11.7 Å². The fourth-order valence-electron chi connectivity index (χ4n) is 4.24. The van der Waals surface area contributed by atoms with E-state index in [4.69, 9.17) is 4.74 Å². The zero-order valence-electron chi connectivity index (χ0n) is 16.8. The van der Waals surface area contributed by atoms with Crippen LogP contribution in [0.3, 0.4) is 0 Å². The maximum absolute atomic E-state index is 13.2. The monoisotopic (exact) mass is 387 g/mol. The van der Waals surface area contributed by atoms with Gasteiger partial charge >= 0.3 is 5.97 Å². The van der Waals surface area contributed by atoms with Crippen LogP contribution in [0.2, 0.25) is 0 Å². The minimum Gasteiger partial charge on any atom is -0.461 e. The van der Waals surface area contributed by atoms with Gasteiger partial charge in [0.25, 0.3) is 0 Å². The predicted molar refractivity (Wildman–Crippen MR) is 113 cm³/mol. The molecule has 1 atom stereocenters. The maximum Gasteiger partial charge on any atom is 0.355 e. The number of aromatic nitrogens is 1. The molecule has 29 heavy (non-hydrogen) atoms. The van der Waals surface area contributed by atoms with Crippen LogP contribution >= 0.6 is 0 Å². The van der Waals surface area contributed by atoms with Gasteiger partial charge in [-0.2, -0.15) is 0 Å². The number of Topliss-reactive ketones (excluding diaryl/α,β-unsaturated/α-hetero) is 1. The molecule has 0 amide bonds. The fraction of sp³-hybridized carbons (Fsp3) is 0.280. The van der Waals surface area contributed by atoms with Crippen molar-refractivity contribution in [2.75, 3.05) is 6.61 Å². The van der Waals surface area contributed by atoms with Gasteiger partial charge in [0, 0.05) is 24.1 Å². The molecule has 1 heterocycles. The molecule has 0 saturated carbocycles. The van der Waals surface area contributed by atoms with Crippen molar-refractivity contribution in [3.63, 3.8) is 0 Å². The Labute approximate surface area is 170 Å². The molecule has 0 bridgehead atoms. The Morgan fingerprint density at radius 3 is 2.52 bits per heavy atom. The zero-order valence-corrected chi connectivity index (χ0v) is 16.8. The van der Waals surface area contributed by atoms with Gasteiger partial charge in [-0.3, -0.25) is 4.79 Å². The number of aromatic amines is 1. The number of esters is 1. The molecule has 148 valence electrons. The number of ketones is 1. The van der Waals surface area contributed by atoms with Crippen molar-refractivity contribution in [1.82, 2.24) is 4.98 Å². The molecule has 4 heteroatoms. The highest BCUT2D eigenvalue weighted by atomic mass is 16.5. The molecule has 0 radical (unpaired) electrons. The molecular weight excluding hydrogens is 362 g/mol. The van der Waals surface area contributed by atoms with E-state index >= 15 is 0 Å². The summed E-state index contributed by atoms with van der Waals surface area (Å²) < 4.78 is 5.28. The van der Waals surface area contributed by atoms with E-state index in [9.17, 15) is 9.59 Å². The quantitative estimate of drug-likeness (QED) is 0.627. The van der Waals surface area contributed by atoms with Gasteiger partial charge in [-0.1, -0.05) is 54.6 Å². The zero-order chi connectivity index (χ0) is 20.4. The molecule has 1 N–H and O–H groups in total. The summed E-state index contributed by atoms with van der Waals surface area (Å²) in [6.45, 7) is 4.14. The van der Waals surface area contributed by atoms with Crippen LogP contribution in [0.5, 0.6) is 0 Å². The van der Waals surface area contributed by atoms with E-state index in [1.54, 1.807) is 6.92 Å². The number of ether oxygens (including phenoxy) is 1. The van der Waals surface area contributed by atoms with Gasteiger partial charge in [0.2, 0.25) is 0 Å². The van der Waals surface area contributed by atoms with Gasteiger partial charge in [0.15, 0.2) is 5.78 Å². The van der Waals surface area contributed by atoms with Crippen molar-refractivity contribution < 1.29 is 14.3 Å². The van der Waals surface area contributed by atoms with Crippen LogP contribution in [0.1, 0.15) is 68.1 Å². The average Bonchev–Trinajstić information content (AvgIpc) is 3.09. The molecule has 3 aromatic rings. The predicted octanol–water partition coefficient (Wildman–Crippen LogP) is 5.00. The first-order valence-electron chi connectivity index (χ1n) is 10.1. The molecule has 0 fully saturated rings. The van der Waals surface area contributed by atoms with Crippen LogP contribution in [0.25, 0.3) is 0 Å². The van der Waals surface area contributed by atoms with Crippen LogP contribution in [0.15, 0.2) is 54.6 Å². The first-order chi connectivity index (χ1) is 14.1. The topological polar surface area (TPSA) is 59.2 Å². The summed E-state index contributed by atoms with van der Waals surface area (Å²) in [5.41, 5.74) is 6.12. The van der Waals surface area contributed by atoms with Crippen LogP contribution in [0.4, 0.5) is 0 Å². The highest BCUT2D eigenvalue weighted by molar-refractivity contribution is 6.04. The van der Waals surface area contributed by atoms with E-state index in [1.807, 2.05) is 49.4 Å². The molecule has 0 spiro atoms. The van der Waals surface area contributed by atoms with Crippen molar-refractivity contribution in [3.05, 3.63) is 93.8 Å². The molecule has 2 aromatic carbocycles. The molecule has 1 aromatic heterocycles. The highest BCUT2D eigenvalue weighted by Gasteiger charge is 2.33. The van der Waals surface area contributed by atoms with Crippen LogP contribution in [-0.2, 0) is 17.6 Å². The van der Waals surface area contributed by atoms with Crippen LogP contribution in [0, 0.1) is 6.92 Å². The summed E-state index contributed by atoms with van der Waals surface area (Å²) in [6.07, 6.45) is 1.71. The molecule has 0 aliphatic heterocycles. The summed E-state index contributed by atoms with van der Waals surface area (Å²) in [4.78, 5) is 29.1. The van der Waals surface area contributed by atoms with Crippen molar-refractivity contribution in [1.29, 1.82) is 0 Å². The van der Waals surface area contributed by atoms with Crippen molar-refractivity contribution >= 4 is 11.8 Å². The third-order valence-electron chi connectivity index (χ3n) is 5.72. The Bertz CT molecular complexity index is 1050. The number of carbonyl (C=O) groups is 2. The average molecular weight is 387 g/mol. The van der Waals surface area contributed by atoms with Crippen LogP contribution < -0.4 is 0 Å². The summed E-state index contributed by atoms with van der Waals surface area (Å²) in [7, 11) is 0. The summed E-state index contributed by atoms with van der Waals surface area (Å²) in [5.74, 6) is -0.179. The van der Waals surface area contributed by atoms with E-state index in [0.717, 1.165) is 27.9 Å². The van der Waals surface area contributed by atoms with Crippen molar-refractivity contribution in [2.24, 2.45) is 0 Å². The van der Waals surface area contributed by atoms with Crippen molar-refractivity contribution in [2.45, 2.75) is 39.0 Å². The van der Waals surface area contributed by atoms with E-state index in [2.05, 4.69) is 17.1 Å². The first-order valence-corrected chi connectivity index (χ1v) is 10.1. The Morgan fingerprint density at radius 1 is 1.07 bits per heavy atom. The lowest BCUT2D eigenvalue weighted by Crippen LogP contribution is -2.19. The Kier molecular flexibility index (Phi) is 5.34.